The molecule has 0 spiro atoms. The molecule has 5 heteroatoms. The maximum absolute atomic E-state index is 11.4. The molecule has 0 saturated carbocycles. The van der Waals surface area contributed by atoms with Crippen molar-refractivity contribution in [2.24, 2.45) is 5.73 Å². The normalized spacial score (nSPS) is 17.5. The zero-order valence-electron chi connectivity index (χ0n) is 10.4. The van der Waals surface area contributed by atoms with Crippen molar-refractivity contribution in [3.8, 4) is 0 Å². The fourth-order valence-corrected chi connectivity index (χ4v) is 3.26. The van der Waals surface area contributed by atoms with Crippen molar-refractivity contribution in [2.75, 3.05) is 29.5 Å². The summed E-state index contributed by atoms with van der Waals surface area (Å²) in [5, 5.41) is 0. The fraction of sp³-hybridized carbons (Fsp3) is 0.583. The molecule has 2 heterocycles. The number of nitrogens with two attached hydrogens (primary N) is 1. The first-order valence-corrected chi connectivity index (χ1v) is 7.37. The zero-order valence-corrected chi connectivity index (χ0v) is 11.2. The van der Waals surface area contributed by atoms with Gasteiger partial charge in [0.15, 0.2) is 0 Å². The van der Waals surface area contributed by atoms with Crippen LogP contribution in [0.4, 0.5) is 5.82 Å². The topological polar surface area (TPSA) is 59.2 Å². The molecule has 1 fully saturated rings. The summed E-state index contributed by atoms with van der Waals surface area (Å²) in [6.07, 6.45) is 0. The Labute approximate surface area is 105 Å². The van der Waals surface area contributed by atoms with Crippen LogP contribution in [0, 0.1) is 13.8 Å². The van der Waals surface area contributed by atoms with Crippen LogP contribution in [0.15, 0.2) is 6.07 Å². The highest BCUT2D eigenvalue weighted by molar-refractivity contribution is 7.85. The van der Waals surface area contributed by atoms with Crippen LogP contribution in [0.25, 0.3) is 0 Å². The predicted octanol–water partition coefficient (Wildman–Crippen LogP) is 0.726. The minimum absolute atomic E-state index is 0.508. The number of anilines is 1. The quantitative estimate of drug-likeness (QED) is 0.844. The number of pyridine rings is 1. The molecule has 0 unspecified atom stereocenters. The summed E-state index contributed by atoms with van der Waals surface area (Å²) >= 11 is 0. The third-order valence-electron chi connectivity index (χ3n) is 3.13. The van der Waals surface area contributed by atoms with E-state index in [4.69, 9.17) is 5.73 Å². The molecule has 4 nitrogen and oxygen atoms in total. The highest BCUT2D eigenvalue weighted by atomic mass is 32.2. The number of aryl methyl sites for hydroxylation is 2. The molecule has 17 heavy (non-hydrogen) atoms. The molecule has 1 saturated heterocycles. The van der Waals surface area contributed by atoms with Crippen molar-refractivity contribution in [3.05, 3.63) is 22.9 Å². The molecule has 0 amide bonds. The van der Waals surface area contributed by atoms with Gasteiger partial charge in [-0.25, -0.2) is 4.98 Å². The number of hydrogen-bond donors (Lipinski definition) is 1. The molecule has 2 rings (SSSR count). The van der Waals surface area contributed by atoms with Gasteiger partial charge in [0.05, 0.1) is 0 Å². The van der Waals surface area contributed by atoms with Gasteiger partial charge in [0.2, 0.25) is 0 Å². The van der Waals surface area contributed by atoms with Gasteiger partial charge in [0.25, 0.3) is 0 Å². The van der Waals surface area contributed by atoms with E-state index in [2.05, 4.69) is 22.9 Å². The SMILES string of the molecule is Cc1cc(C)c(CN)c(N2CCS(=O)CC2)n1. The van der Waals surface area contributed by atoms with E-state index in [1.54, 1.807) is 0 Å². The standard InChI is InChI=1S/C12H19N3OS/c1-9-7-10(2)14-12(11(9)8-13)15-3-5-17(16)6-4-15/h7H,3-6,8,13H2,1-2H3. The van der Waals surface area contributed by atoms with Gasteiger partial charge in [0, 0.05) is 53.2 Å². The Kier molecular flexibility index (Phi) is 3.79. The lowest BCUT2D eigenvalue weighted by atomic mass is 10.1. The Morgan fingerprint density at radius 2 is 2.06 bits per heavy atom. The molecule has 0 radical (unpaired) electrons. The maximum atomic E-state index is 11.4. The summed E-state index contributed by atoms with van der Waals surface area (Å²) in [5.41, 5.74) is 9.13. The van der Waals surface area contributed by atoms with Gasteiger partial charge in [-0.05, 0) is 25.5 Å². The number of rotatable bonds is 2. The van der Waals surface area contributed by atoms with Crippen LogP contribution in [-0.2, 0) is 17.3 Å². The van der Waals surface area contributed by atoms with Gasteiger partial charge >= 0.3 is 0 Å². The lowest BCUT2D eigenvalue weighted by Crippen LogP contribution is -2.39. The van der Waals surface area contributed by atoms with E-state index in [0.29, 0.717) is 6.54 Å². The van der Waals surface area contributed by atoms with Gasteiger partial charge in [-0.3, -0.25) is 4.21 Å². The Morgan fingerprint density at radius 1 is 1.41 bits per heavy atom. The van der Waals surface area contributed by atoms with E-state index in [-0.39, 0.29) is 0 Å². The third kappa shape index (κ3) is 2.66. The molecular formula is C12H19N3OS. The second-order valence-electron chi connectivity index (χ2n) is 4.42. The third-order valence-corrected chi connectivity index (χ3v) is 4.41. The maximum Gasteiger partial charge on any atom is 0.133 e. The van der Waals surface area contributed by atoms with E-state index in [0.717, 1.165) is 41.7 Å². The summed E-state index contributed by atoms with van der Waals surface area (Å²) < 4.78 is 11.4. The van der Waals surface area contributed by atoms with Crippen LogP contribution in [-0.4, -0.2) is 33.8 Å². The molecule has 1 aliphatic rings. The van der Waals surface area contributed by atoms with Crippen molar-refractivity contribution < 1.29 is 4.21 Å². The second kappa shape index (κ2) is 5.14. The average Bonchev–Trinajstić information content (AvgIpc) is 2.29. The second-order valence-corrected chi connectivity index (χ2v) is 6.12. The first-order valence-electron chi connectivity index (χ1n) is 5.89. The van der Waals surface area contributed by atoms with E-state index in [1.165, 1.54) is 5.56 Å². The van der Waals surface area contributed by atoms with Crippen LogP contribution in [0.1, 0.15) is 16.8 Å². The minimum atomic E-state index is -0.655. The summed E-state index contributed by atoms with van der Waals surface area (Å²) in [4.78, 5) is 6.81. The van der Waals surface area contributed by atoms with Gasteiger partial charge in [-0.1, -0.05) is 0 Å². The molecule has 2 N–H and O–H groups in total. The van der Waals surface area contributed by atoms with Crippen LogP contribution >= 0.6 is 0 Å². The van der Waals surface area contributed by atoms with Crippen molar-refractivity contribution in [3.63, 3.8) is 0 Å². The summed E-state index contributed by atoms with van der Waals surface area (Å²) in [6.45, 7) is 6.21. The lowest BCUT2D eigenvalue weighted by molar-refractivity contribution is 0.672. The van der Waals surface area contributed by atoms with Crippen LogP contribution in [0.2, 0.25) is 0 Å². The molecule has 0 aliphatic carbocycles. The van der Waals surface area contributed by atoms with E-state index >= 15 is 0 Å². The van der Waals surface area contributed by atoms with Gasteiger partial charge in [-0.15, -0.1) is 0 Å². The number of nitrogens with zero attached hydrogens (tertiary/aromatic N) is 2. The number of aromatic nitrogens is 1. The highest BCUT2D eigenvalue weighted by Crippen LogP contribution is 2.23. The fourth-order valence-electron chi connectivity index (χ4n) is 2.21. The molecule has 94 valence electrons. The van der Waals surface area contributed by atoms with Crippen LogP contribution in [0.3, 0.4) is 0 Å². The lowest BCUT2D eigenvalue weighted by Gasteiger charge is -2.29. The van der Waals surface area contributed by atoms with E-state index < -0.39 is 10.8 Å². The largest absolute Gasteiger partial charge is 0.354 e. The minimum Gasteiger partial charge on any atom is -0.354 e. The van der Waals surface area contributed by atoms with Crippen molar-refractivity contribution in [1.29, 1.82) is 0 Å². The summed E-state index contributed by atoms with van der Waals surface area (Å²) in [6, 6.07) is 2.06. The smallest absolute Gasteiger partial charge is 0.133 e. The van der Waals surface area contributed by atoms with Gasteiger partial charge in [-0.2, -0.15) is 0 Å². The zero-order chi connectivity index (χ0) is 12.4. The first kappa shape index (κ1) is 12.5. The molecule has 0 bridgehead atoms. The molecular weight excluding hydrogens is 234 g/mol. The van der Waals surface area contributed by atoms with E-state index in [9.17, 15) is 4.21 Å². The molecule has 1 aromatic heterocycles. The Hall–Kier alpha value is -0.940. The monoisotopic (exact) mass is 253 g/mol. The molecule has 0 aromatic carbocycles. The highest BCUT2D eigenvalue weighted by Gasteiger charge is 2.19. The van der Waals surface area contributed by atoms with Crippen molar-refractivity contribution >= 4 is 16.6 Å². The van der Waals surface area contributed by atoms with Crippen molar-refractivity contribution in [1.82, 2.24) is 4.98 Å². The van der Waals surface area contributed by atoms with Crippen molar-refractivity contribution in [2.45, 2.75) is 20.4 Å². The molecule has 1 aromatic rings. The Morgan fingerprint density at radius 3 is 2.65 bits per heavy atom. The predicted molar refractivity (Wildman–Crippen MR) is 71.7 cm³/mol. The Balaban J connectivity index is 2.33. The number of hydrogen-bond acceptors (Lipinski definition) is 4. The van der Waals surface area contributed by atoms with Crippen LogP contribution < -0.4 is 10.6 Å². The average molecular weight is 253 g/mol. The first-order chi connectivity index (χ1) is 8.11. The van der Waals surface area contributed by atoms with Crippen LogP contribution in [0.5, 0.6) is 0 Å². The van der Waals surface area contributed by atoms with Gasteiger partial charge < -0.3 is 10.6 Å². The van der Waals surface area contributed by atoms with Gasteiger partial charge in [0.1, 0.15) is 5.82 Å². The molecule has 1 aliphatic heterocycles. The van der Waals surface area contributed by atoms with E-state index in [1.807, 2.05) is 6.92 Å². The Bertz CT molecular complexity index is 438. The molecule has 0 atom stereocenters. The summed E-state index contributed by atoms with van der Waals surface area (Å²) in [7, 11) is -0.655. The summed E-state index contributed by atoms with van der Waals surface area (Å²) in [5.74, 6) is 2.46.